The summed E-state index contributed by atoms with van der Waals surface area (Å²) in [6, 6.07) is 9.54. The van der Waals surface area contributed by atoms with Crippen molar-refractivity contribution in [3.8, 4) is 11.8 Å². The molecule has 1 unspecified atom stereocenters. The van der Waals surface area contributed by atoms with E-state index in [1.807, 2.05) is 0 Å². The number of nitrogens with zero attached hydrogens (tertiary/aromatic N) is 1. The summed E-state index contributed by atoms with van der Waals surface area (Å²) in [5.74, 6) is 5.05. The number of methoxy groups -OCH3 is 1. The van der Waals surface area contributed by atoms with E-state index >= 15 is 0 Å². The fraction of sp³-hybridized carbons (Fsp3) is 0.0667. The van der Waals surface area contributed by atoms with E-state index in [0.717, 1.165) is 0 Å². The molecule has 1 atom stereocenters. The molecule has 0 saturated heterocycles. The minimum absolute atomic E-state index is 0.143. The first-order valence-electron chi connectivity index (χ1n) is 5.86. The van der Waals surface area contributed by atoms with Crippen molar-refractivity contribution in [2.24, 2.45) is 0 Å². The second-order valence-corrected chi connectivity index (χ2v) is 4.81. The zero-order valence-corrected chi connectivity index (χ0v) is 11.8. The molecule has 2 rings (SSSR count). The van der Waals surface area contributed by atoms with Gasteiger partial charge < -0.3 is 9.29 Å². The van der Waals surface area contributed by atoms with Gasteiger partial charge in [-0.25, -0.2) is 9.78 Å². The number of benzene rings is 1. The highest BCUT2D eigenvalue weighted by Crippen LogP contribution is 2.11. The molecule has 0 aliphatic heterocycles. The third kappa shape index (κ3) is 3.75. The summed E-state index contributed by atoms with van der Waals surface area (Å²) >= 11 is -2.34. The zero-order valence-electron chi connectivity index (χ0n) is 11.0. The highest BCUT2D eigenvalue weighted by molar-refractivity contribution is 7.79. The molecular formula is C15H10NO4S-. The molecule has 2 aromatic rings. The van der Waals surface area contributed by atoms with E-state index in [-0.39, 0.29) is 10.6 Å². The topological polar surface area (TPSA) is 79.3 Å². The van der Waals surface area contributed by atoms with Crippen LogP contribution in [0.3, 0.4) is 0 Å². The number of pyridine rings is 1. The normalized spacial score (nSPS) is 11.1. The Balaban J connectivity index is 2.28. The maximum Gasteiger partial charge on any atom is 0.356 e. The van der Waals surface area contributed by atoms with Gasteiger partial charge >= 0.3 is 5.97 Å². The van der Waals surface area contributed by atoms with Crippen molar-refractivity contribution in [3.63, 3.8) is 0 Å². The molecule has 1 aromatic heterocycles. The number of hydrogen-bond acceptors (Lipinski definition) is 5. The maximum atomic E-state index is 11.2. The van der Waals surface area contributed by atoms with Crippen molar-refractivity contribution in [2.75, 3.05) is 7.11 Å². The Kier molecular flexibility index (Phi) is 4.82. The van der Waals surface area contributed by atoms with E-state index in [9.17, 15) is 13.6 Å². The predicted octanol–water partition coefficient (Wildman–Crippen LogP) is 1.51. The molecule has 5 nitrogen and oxygen atoms in total. The van der Waals surface area contributed by atoms with E-state index in [4.69, 9.17) is 0 Å². The van der Waals surface area contributed by atoms with Crippen LogP contribution in [0.2, 0.25) is 0 Å². The van der Waals surface area contributed by atoms with E-state index < -0.39 is 17.0 Å². The average Bonchev–Trinajstić information content (AvgIpc) is 2.52. The lowest BCUT2D eigenvalue weighted by Crippen LogP contribution is -2.03. The average molecular weight is 300 g/mol. The van der Waals surface area contributed by atoms with Crippen molar-refractivity contribution in [2.45, 2.75) is 4.90 Å². The fourth-order valence-electron chi connectivity index (χ4n) is 1.55. The van der Waals surface area contributed by atoms with Gasteiger partial charge in [0.25, 0.3) is 0 Å². The van der Waals surface area contributed by atoms with Crippen LogP contribution in [0, 0.1) is 11.8 Å². The molecule has 1 aromatic carbocycles. The Morgan fingerprint density at radius 2 is 2.00 bits per heavy atom. The molecule has 1 heterocycles. The highest BCUT2D eigenvalue weighted by Gasteiger charge is 2.05. The first-order chi connectivity index (χ1) is 10.1. The third-order valence-corrected chi connectivity index (χ3v) is 3.28. The second kappa shape index (κ2) is 6.79. The predicted molar refractivity (Wildman–Crippen MR) is 75.2 cm³/mol. The van der Waals surface area contributed by atoms with Crippen LogP contribution in [0.5, 0.6) is 0 Å². The van der Waals surface area contributed by atoms with Crippen molar-refractivity contribution in [1.29, 1.82) is 0 Å². The lowest BCUT2D eigenvalue weighted by molar-refractivity contribution is 0.0594. The Labute approximate surface area is 124 Å². The number of carbonyl (C=O) groups is 1. The summed E-state index contributed by atoms with van der Waals surface area (Å²) in [6.45, 7) is 0. The Bertz CT molecular complexity index is 744. The van der Waals surface area contributed by atoms with Gasteiger partial charge in [-0.15, -0.1) is 0 Å². The van der Waals surface area contributed by atoms with Crippen molar-refractivity contribution in [1.82, 2.24) is 4.98 Å². The van der Waals surface area contributed by atoms with Gasteiger partial charge in [-0.2, -0.15) is 0 Å². The molecule has 0 bridgehead atoms. The summed E-state index contributed by atoms with van der Waals surface area (Å²) in [6.07, 6.45) is 1.43. The van der Waals surface area contributed by atoms with Gasteiger partial charge in [0, 0.05) is 22.2 Å². The van der Waals surface area contributed by atoms with E-state index in [0.29, 0.717) is 11.1 Å². The highest BCUT2D eigenvalue weighted by atomic mass is 32.2. The van der Waals surface area contributed by atoms with Gasteiger partial charge in [0.2, 0.25) is 0 Å². The number of aromatic nitrogens is 1. The molecule has 0 fully saturated rings. The van der Waals surface area contributed by atoms with Gasteiger partial charge in [-0.3, -0.25) is 4.21 Å². The number of ether oxygens (including phenoxy) is 1. The molecule has 0 N–H and O–H groups in total. The Morgan fingerprint density at radius 1 is 1.24 bits per heavy atom. The number of hydrogen-bond donors (Lipinski definition) is 0. The van der Waals surface area contributed by atoms with E-state index in [2.05, 4.69) is 21.6 Å². The minimum atomic E-state index is -2.34. The molecule has 0 aliphatic carbocycles. The Hall–Kier alpha value is -2.49. The van der Waals surface area contributed by atoms with E-state index in [1.54, 1.807) is 24.3 Å². The van der Waals surface area contributed by atoms with Gasteiger partial charge in [0.05, 0.1) is 7.11 Å². The number of esters is 1. The number of carbonyl (C=O) groups excluding carboxylic acids is 1. The molecular weight excluding hydrogens is 290 g/mol. The van der Waals surface area contributed by atoms with Crippen LogP contribution in [0.15, 0.2) is 47.5 Å². The van der Waals surface area contributed by atoms with Crippen molar-refractivity contribution in [3.05, 3.63) is 59.4 Å². The summed E-state index contributed by atoms with van der Waals surface area (Å²) < 4.78 is 26.7. The largest absolute Gasteiger partial charge is 0.768 e. The second-order valence-electron chi connectivity index (χ2n) is 3.90. The molecule has 0 amide bonds. The van der Waals surface area contributed by atoms with Crippen LogP contribution in [-0.2, 0) is 15.8 Å². The van der Waals surface area contributed by atoms with Crippen LogP contribution in [-0.4, -0.2) is 26.8 Å². The van der Waals surface area contributed by atoms with Crippen LogP contribution in [0.1, 0.15) is 21.6 Å². The SMILES string of the molecule is COC(=O)c1ccc(C#Cc2ccccc2S(=O)[O-])cn1. The maximum absolute atomic E-state index is 11.2. The number of rotatable bonds is 2. The lowest BCUT2D eigenvalue weighted by Gasteiger charge is -2.06. The van der Waals surface area contributed by atoms with Crippen LogP contribution in [0.25, 0.3) is 0 Å². The molecule has 0 aliphatic rings. The molecule has 0 radical (unpaired) electrons. The van der Waals surface area contributed by atoms with Crippen LogP contribution < -0.4 is 0 Å². The third-order valence-electron chi connectivity index (χ3n) is 2.57. The summed E-state index contributed by atoms with van der Waals surface area (Å²) in [5, 5.41) is 0. The van der Waals surface area contributed by atoms with Gasteiger partial charge in [0.15, 0.2) is 0 Å². The monoisotopic (exact) mass is 300 g/mol. The van der Waals surface area contributed by atoms with E-state index in [1.165, 1.54) is 25.4 Å². The first kappa shape index (κ1) is 14.9. The molecule has 0 saturated carbocycles. The van der Waals surface area contributed by atoms with Crippen molar-refractivity contribution >= 4 is 17.0 Å². The minimum Gasteiger partial charge on any atom is -0.768 e. The van der Waals surface area contributed by atoms with Crippen LogP contribution >= 0.6 is 0 Å². The zero-order chi connectivity index (χ0) is 15.2. The molecule has 6 heteroatoms. The van der Waals surface area contributed by atoms with Gasteiger partial charge in [0.1, 0.15) is 5.69 Å². The van der Waals surface area contributed by atoms with Gasteiger partial charge in [-0.1, -0.05) is 24.0 Å². The Morgan fingerprint density at radius 3 is 2.62 bits per heavy atom. The summed E-state index contributed by atoms with van der Waals surface area (Å²) in [7, 11) is 1.28. The summed E-state index contributed by atoms with van der Waals surface area (Å²) in [4.78, 5) is 15.3. The van der Waals surface area contributed by atoms with Crippen LogP contribution in [0.4, 0.5) is 0 Å². The fourth-order valence-corrected chi connectivity index (χ4v) is 2.04. The summed E-state index contributed by atoms with van der Waals surface area (Å²) in [5.41, 5.74) is 1.15. The molecule has 0 spiro atoms. The lowest BCUT2D eigenvalue weighted by atomic mass is 10.2. The van der Waals surface area contributed by atoms with Crippen molar-refractivity contribution < 1.29 is 18.3 Å². The molecule has 106 valence electrons. The molecule has 21 heavy (non-hydrogen) atoms. The first-order valence-corrected chi connectivity index (χ1v) is 6.94. The standard InChI is InChI=1S/C15H11NO4S/c1-20-15(17)13-9-7-11(10-16-13)6-8-12-4-2-3-5-14(12)21(18)19/h2-5,7,9-10H,1H3,(H,18,19)/p-1. The quantitative estimate of drug-likeness (QED) is 0.477. The smallest absolute Gasteiger partial charge is 0.356 e. The van der Waals surface area contributed by atoms with Gasteiger partial charge in [-0.05, 0) is 35.3 Å².